The van der Waals surface area contributed by atoms with Crippen LogP contribution in [0.5, 0.6) is 11.5 Å². The van der Waals surface area contributed by atoms with Gasteiger partial charge in [0.15, 0.2) is 11.5 Å². The molecule has 0 saturated carbocycles. The van der Waals surface area contributed by atoms with Crippen LogP contribution in [0.4, 0.5) is 0 Å². The van der Waals surface area contributed by atoms with Crippen molar-refractivity contribution in [3.8, 4) is 11.5 Å². The molecule has 134 valence electrons. The van der Waals surface area contributed by atoms with Gasteiger partial charge in [0.1, 0.15) is 6.04 Å². The summed E-state index contributed by atoms with van der Waals surface area (Å²) in [5.74, 6) is 0.713. The summed E-state index contributed by atoms with van der Waals surface area (Å²) in [6, 6.07) is 8.10. The van der Waals surface area contributed by atoms with Crippen molar-refractivity contribution < 1.29 is 19.1 Å². The van der Waals surface area contributed by atoms with Crippen LogP contribution in [0.25, 0.3) is 0 Å². The van der Waals surface area contributed by atoms with Gasteiger partial charge in [-0.15, -0.1) is 11.3 Å². The molecule has 25 heavy (non-hydrogen) atoms. The summed E-state index contributed by atoms with van der Waals surface area (Å²) in [5.41, 5.74) is 0.878. The van der Waals surface area contributed by atoms with Crippen molar-refractivity contribution >= 4 is 23.2 Å². The van der Waals surface area contributed by atoms with Crippen LogP contribution in [0.2, 0.25) is 0 Å². The molecule has 0 saturated heterocycles. The highest BCUT2D eigenvalue weighted by molar-refractivity contribution is 7.12. The Bertz CT molecular complexity index is 731. The van der Waals surface area contributed by atoms with Gasteiger partial charge in [0.05, 0.1) is 25.1 Å². The summed E-state index contributed by atoms with van der Waals surface area (Å²) in [6.45, 7) is 3.52. The molecule has 2 aromatic rings. The van der Waals surface area contributed by atoms with Crippen molar-refractivity contribution in [3.05, 3.63) is 46.2 Å². The second-order valence-electron chi connectivity index (χ2n) is 5.52. The third kappa shape index (κ3) is 4.73. The summed E-state index contributed by atoms with van der Waals surface area (Å²) < 4.78 is 10.5. The SMILES string of the molecule is COc1ccc(C(C)NC(=O)C(C)NC(=O)c2cccs2)cc1OC. The van der Waals surface area contributed by atoms with Gasteiger partial charge in [-0.1, -0.05) is 12.1 Å². The zero-order chi connectivity index (χ0) is 18.4. The zero-order valence-corrected chi connectivity index (χ0v) is 15.5. The van der Waals surface area contributed by atoms with E-state index in [0.29, 0.717) is 16.4 Å². The topological polar surface area (TPSA) is 76.7 Å². The minimum Gasteiger partial charge on any atom is -0.493 e. The Morgan fingerprint density at radius 2 is 1.76 bits per heavy atom. The smallest absolute Gasteiger partial charge is 0.261 e. The minimum atomic E-state index is -0.641. The van der Waals surface area contributed by atoms with Crippen molar-refractivity contribution in [2.45, 2.75) is 25.9 Å². The van der Waals surface area contributed by atoms with Gasteiger partial charge in [0, 0.05) is 0 Å². The second-order valence-corrected chi connectivity index (χ2v) is 6.46. The minimum absolute atomic E-state index is 0.242. The molecule has 1 aromatic heterocycles. The Balaban J connectivity index is 1.98. The molecule has 2 unspecified atom stereocenters. The average Bonchev–Trinajstić information content (AvgIpc) is 3.15. The Labute approximate surface area is 151 Å². The lowest BCUT2D eigenvalue weighted by Crippen LogP contribution is -2.45. The molecule has 1 heterocycles. The lowest BCUT2D eigenvalue weighted by molar-refractivity contribution is -0.123. The molecular formula is C18H22N2O4S. The number of carbonyl (C=O) groups excluding carboxylic acids is 2. The predicted molar refractivity (Wildman–Crippen MR) is 97.4 cm³/mol. The number of benzene rings is 1. The van der Waals surface area contributed by atoms with E-state index in [9.17, 15) is 9.59 Å². The molecule has 0 bridgehead atoms. The van der Waals surface area contributed by atoms with Crippen molar-refractivity contribution in [1.82, 2.24) is 10.6 Å². The summed E-state index contributed by atoms with van der Waals surface area (Å²) in [7, 11) is 3.13. The van der Waals surface area contributed by atoms with Crippen LogP contribution >= 0.6 is 11.3 Å². The number of thiophene rings is 1. The quantitative estimate of drug-likeness (QED) is 0.794. The number of amides is 2. The predicted octanol–water partition coefficient (Wildman–Crippen LogP) is 2.76. The maximum absolute atomic E-state index is 12.3. The molecule has 0 aliphatic carbocycles. The number of hydrogen-bond acceptors (Lipinski definition) is 5. The van der Waals surface area contributed by atoms with Crippen LogP contribution in [0, 0.1) is 0 Å². The monoisotopic (exact) mass is 362 g/mol. The van der Waals surface area contributed by atoms with Gasteiger partial charge < -0.3 is 20.1 Å². The summed E-state index contributed by atoms with van der Waals surface area (Å²) >= 11 is 1.33. The largest absolute Gasteiger partial charge is 0.493 e. The lowest BCUT2D eigenvalue weighted by Gasteiger charge is -2.19. The Morgan fingerprint density at radius 1 is 1.04 bits per heavy atom. The first-order valence-electron chi connectivity index (χ1n) is 7.83. The molecule has 6 nitrogen and oxygen atoms in total. The van der Waals surface area contributed by atoms with Crippen LogP contribution in [0.15, 0.2) is 35.7 Å². The van der Waals surface area contributed by atoms with E-state index in [4.69, 9.17) is 9.47 Å². The van der Waals surface area contributed by atoms with Gasteiger partial charge in [0.25, 0.3) is 5.91 Å². The van der Waals surface area contributed by atoms with Gasteiger partial charge in [-0.3, -0.25) is 9.59 Å². The summed E-state index contributed by atoms with van der Waals surface area (Å²) in [4.78, 5) is 24.9. The number of carbonyl (C=O) groups is 2. The van der Waals surface area contributed by atoms with E-state index in [1.807, 2.05) is 24.4 Å². The fraction of sp³-hybridized carbons (Fsp3) is 0.333. The number of hydrogen-bond donors (Lipinski definition) is 2. The first-order chi connectivity index (χ1) is 12.0. The summed E-state index contributed by atoms with van der Waals surface area (Å²) in [6.07, 6.45) is 0. The standard InChI is InChI=1S/C18H22N2O4S/c1-11(13-7-8-14(23-3)15(10-13)24-4)19-17(21)12(2)20-18(22)16-6-5-9-25-16/h5-12H,1-4H3,(H,19,21)(H,20,22). The van der Waals surface area contributed by atoms with E-state index < -0.39 is 6.04 Å². The fourth-order valence-electron chi connectivity index (χ4n) is 2.28. The molecular weight excluding hydrogens is 340 g/mol. The molecule has 2 atom stereocenters. The molecule has 1 aromatic carbocycles. The fourth-order valence-corrected chi connectivity index (χ4v) is 2.91. The first kappa shape index (κ1) is 18.8. The Kier molecular flexibility index (Phi) is 6.41. The van der Waals surface area contributed by atoms with Crippen LogP contribution in [0.1, 0.15) is 35.1 Å². The van der Waals surface area contributed by atoms with E-state index in [0.717, 1.165) is 5.56 Å². The van der Waals surface area contributed by atoms with Crippen molar-refractivity contribution in [2.75, 3.05) is 14.2 Å². The lowest BCUT2D eigenvalue weighted by atomic mass is 10.1. The van der Waals surface area contributed by atoms with Crippen molar-refractivity contribution in [3.63, 3.8) is 0 Å². The van der Waals surface area contributed by atoms with Crippen LogP contribution in [0.3, 0.4) is 0 Å². The number of nitrogens with one attached hydrogen (secondary N) is 2. The molecule has 7 heteroatoms. The third-order valence-electron chi connectivity index (χ3n) is 3.75. The van der Waals surface area contributed by atoms with E-state index in [2.05, 4.69) is 10.6 Å². The van der Waals surface area contributed by atoms with Gasteiger partial charge in [-0.2, -0.15) is 0 Å². The molecule has 2 amide bonds. The molecule has 0 fully saturated rings. The molecule has 0 aliphatic rings. The van der Waals surface area contributed by atoms with Crippen molar-refractivity contribution in [2.24, 2.45) is 0 Å². The molecule has 0 radical (unpaired) electrons. The normalized spacial score (nSPS) is 12.8. The average molecular weight is 362 g/mol. The maximum atomic E-state index is 12.3. The first-order valence-corrected chi connectivity index (χ1v) is 8.71. The highest BCUT2D eigenvalue weighted by Gasteiger charge is 2.20. The Morgan fingerprint density at radius 3 is 2.36 bits per heavy atom. The zero-order valence-electron chi connectivity index (χ0n) is 14.7. The molecule has 0 aliphatic heterocycles. The van der Waals surface area contributed by atoms with E-state index >= 15 is 0 Å². The Hall–Kier alpha value is -2.54. The van der Waals surface area contributed by atoms with Crippen LogP contribution in [-0.2, 0) is 4.79 Å². The number of rotatable bonds is 7. The second kappa shape index (κ2) is 8.53. The van der Waals surface area contributed by atoms with E-state index in [-0.39, 0.29) is 17.9 Å². The maximum Gasteiger partial charge on any atom is 0.261 e. The van der Waals surface area contributed by atoms with Gasteiger partial charge >= 0.3 is 0 Å². The van der Waals surface area contributed by atoms with E-state index in [1.54, 1.807) is 39.3 Å². The van der Waals surface area contributed by atoms with Gasteiger partial charge in [0.2, 0.25) is 5.91 Å². The highest BCUT2D eigenvalue weighted by atomic mass is 32.1. The molecule has 2 N–H and O–H groups in total. The molecule has 2 rings (SSSR count). The van der Waals surface area contributed by atoms with Crippen LogP contribution < -0.4 is 20.1 Å². The number of ether oxygens (including phenoxy) is 2. The van der Waals surface area contributed by atoms with Gasteiger partial charge in [-0.25, -0.2) is 0 Å². The van der Waals surface area contributed by atoms with Crippen LogP contribution in [-0.4, -0.2) is 32.1 Å². The van der Waals surface area contributed by atoms with E-state index in [1.165, 1.54) is 11.3 Å². The van der Waals surface area contributed by atoms with Gasteiger partial charge in [-0.05, 0) is 43.0 Å². The highest BCUT2D eigenvalue weighted by Crippen LogP contribution is 2.29. The summed E-state index contributed by atoms with van der Waals surface area (Å²) in [5, 5.41) is 7.40. The number of methoxy groups -OCH3 is 2. The third-order valence-corrected chi connectivity index (χ3v) is 4.62. The van der Waals surface area contributed by atoms with Crippen molar-refractivity contribution in [1.29, 1.82) is 0 Å². The molecule has 0 spiro atoms.